The number of benzene rings is 2. The smallest absolute Gasteiger partial charge is 0.471 e. The molecular weight excluding hydrogens is 380 g/mol. The van der Waals surface area contributed by atoms with Crippen LogP contribution >= 0.6 is 0 Å². The summed E-state index contributed by atoms with van der Waals surface area (Å²) in [5.74, 6) is -2.54. The first-order valence-electron chi connectivity index (χ1n) is 8.32. The lowest BCUT2D eigenvalue weighted by molar-refractivity contribution is -0.185. The molecule has 9 heteroatoms. The zero-order valence-electron chi connectivity index (χ0n) is 14.9. The number of amides is 2. The maximum atomic E-state index is 12.8. The van der Waals surface area contributed by atoms with Crippen LogP contribution in [0.2, 0.25) is 0 Å². The van der Waals surface area contributed by atoms with Crippen LogP contribution in [0.5, 0.6) is 5.75 Å². The van der Waals surface area contributed by atoms with Gasteiger partial charge in [-0.25, -0.2) is 4.39 Å². The molecular formula is C19H18F4N2O3. The average Bonchev–Trinajstić information content (AvgIpc) is 2.64. The van der Waals surface area contributed by atoms with E-state index in [0.717, 1.165) is 0 Å². The fourth-order valence-electron chi connectivity index (χ4n) is 2.35. The number of halogens is 4. The number of hydrogen-bond acceptors (Lipinski definition) is 3. The van der Waals surface area contributed by atoms with Crippen molar-refractivity contribution in [1.82, 2.24) is 4.90 Å². The number of nitrogens with one attached hydrogen (secondary N) is 1. The third-order valence-electron chi connectivity index (χ3n) is 3.68. The average molecular weight is 398 g/mol. The minimum absolute atomic E-state index is 0.111. The van der Waals surface area contributed by atoms with Crippen molar-refractivity contribution in [3.63, 3.8) is 0 Å². The fraction of sp³-hybridized carbons (Fsp3) is 0.263. The number of carbonyl (C=O) groups excluding carboxylic acids is 2. The molecule has 0 heterocycles. The van der Waals surface area contributed by atoms with Crippen LogP contribution in [0, 0.1) is 5.82 Å². The molecule has 5 nitrogen and oxygen atoms in total. The molecule has 0 aromatic heterocycles. The molecule has 0 spiro atoms. The van der Waals surface area contributed by atoms with Crippen LogP contribution < -0.4 is 10.1 Å². The second-order valence-corrected chi connectivity index (χ2v) is 5.81. The molecule has 0 aliphatic heterocycles. The number of rotatable bonds is 7. The van der Waals surface area contributed by atoms with Crippen LogP contribution in [0.3, 0.4) is 0 Å². The van der Waals surface area contributed by atoms with Gasteiger partial charge in [-0.15, -0.1) is 0 Å². The Morgan fingerprint density at radius 1 is 1.11 bits per heavy atom. The van der Waals surface area contributed by atoms with E-state index in [4.69, 9.17) is 4.74 Å². The van der Waals surface area contributed by atoms with Crippen LogP contribution in [0.15, 0.2) is 48.5 Å². The predicted octanol–water partition coefficient (Wildman–Crippen LogP) is 3.75. The van der Waals surface area contributed by atoms with Gasteiger partial charge in [0, 0.05) is 18.8 Å². The molecule has 0 fully saturated rings. The summed E-state index contributed by atoms with van der Waals surface area (Å²) in [7, 11) is 0. The van der Waals surface area contributed by atoms with Crippen LogP contribution in [-0.4, -0.2) is 36.0 Å². The summed E-state index contributed by atoms with van der Waals surface area (Å²) >= 11 is 0. The van der Waals surface area contributed by atoms with E-state index < -0.39 is 23.8 Å². The van der Waals surface area contributed by atoms with E-state index in [1.807, 2.05) is 0 Å². The quantitative estimate of drug-likeness (QED) is 0.723. The Labute approximate surface area is 158 Å². The molecule has 150 valence electrons. The second kappa shape index (κ2) is 9.20. The number of carbonyl (C=O) groups is 2. The van der Waals surface area contributed by atoms with Crippen molar-refractivity contribution in [3.8, 4) is 5.75 Å². The van der Waals surface area contributed by atoms with Gasteiger partial charge in [0.25, 0.3) is 5.91 Å². The molecule has 0 aliphatic rings. The van der Waals surface area contributed by atoms with Gasteiger partial charge in [-0.3, -0.25) is 9.59 Å². The Morgan fingerprint density at radius 2 is 1.79 bits per heavy atom. The van der Waals surface area contributed by atoms with Crippen molar-refractivity contribution in [2.75, 3.05) is 18.5 Å². The largest absolute Gasteiger partial charge is 0.484 e. The molecule has 2 aromatic rings. The van der Waals surface area contributed by atoms with Gasteiger partial charge in [0.05, 0.1) is 0 Å². The highest BCUT2D eigenvalue weighted by Crippen LogP contribution is 2.21. The van der Waals surface area contributed by atoms with Crippen molar-refractivity contribution in [2.24, 2.45) is 0 Å². The number of nitrogens with zero attached hydrogens (tertiary/aromatic N) is 1. The van der Waals surface area contributed by atoms with Gasteiger partial charge in [0.15, 0.2) is 6.61 Å². The number of hydrogen-bond donors (Lipinski definition) is 1. The molecule has 2 rings (SSSR count). The molecule has 2 aromatic carbocycles. The molecule has 1 N–H and O–H groups in total. The highest BCUT2D eigenvalue weighted by Gasteiger charge is 2.41. The van der Waals surface area contributed by atoms with E-state index in [-0.39, 0.29) is 19.7 Å². The summed E-state index contributed by atoms with van der Waals surface area (Å²) in [5.41, 5.74) is 0.775. The Balaban J connectivity index is 1.95. The zero-order chi connectivity index (χ0) is 20.7. The van der Waals surface area contributed by atoms with Crippen molar-refractivity contribution >= 4 is 17.5 Å². The predicted molar refractivity (Wildman–Crippen MR) is 94.1 cm³/mol. The van der Waals surface area contributed by atoms with Crippen molar-refractivity contribution in [2.45, 2.75) is 19.6 Å². The Bertz CT molecular complexity index is 823. The lowest BCUT2D eigenvalue weighted by atomic mass is 10.2. The van der Waals surface area contributed by atoms with Gasteiger partial charge < -0.3 is 15.0 Å². The van der Waals surface area contributed by atoms with Crippen LogP contribution in [0.25, 0.3) is 0 Å². The summed E-state index contributed by atoms with van der Waals surface area (Å²) in [6.07, 6.45) is -4.94. The van der Waals surface area contributed by atoms with E-state index in [9.17, 15) is 27.2 Å². The minimum atomic E-state index is -4.94. The third kappa shape index (κ3) is 6.26. The molecule has 0 saturated carbocycles. The van der Waals surface area contributed by atoms with Crippen molar-refractivity contribution in [1.29, 1.82) is 0 Å². The topological polar surface area (TPSA) is 58.6 Å². The van der Waals surface area contributed by atoms with Gasteiger partial charge in [-0.05, 0) is 48.9 Å². The highest BCUT2D eigenvalue weighted by atomic mass is 19.4. The molecule has 0 aliphatic carbocycles. The second-order valence-electron chi connectivity index (χ2n) is 5.81. The van der Waals surface area contributed by atoms with Gasteiger partial charge in [-0.2, -0.15) is 13.2 Å². The monoisotopic (exact) mass is 398 g/mol. The number of anilines is 1. The summed E-state index contributed by atoms with van der Waals surface area (Å²) in [6, 6.07) is 11.3. The van der Waals surface area contributed by atoms with E-state index in [1.54, 1.807) is 18.2 Å². The normalized spacial score (nSPS) is 11.0. The Morgan fingerprint density at radius 3 is 2.39 bits per heavy atom. The van der Waals surface area contributed by atoms with Gasteiger partial charge in [0.2, 0.25) is 0 Å². The Kier molecular flexibility index (Phi) is 6.97. The lowest BCUT2D eigenvalue weighted by Crippen LogP contribution is -2.40. The van der Waals surface area contributed by atoms with Crippen LogP contribution in [0.4, 0.5) is 23.2 Å². The lowest BCUT2D eigenvalue weighted by Gasteiger charge is -2.22. The van der Waals surface area contributed by atoms with E-state index >= 15 is 0 Å². The first kappa shape index (κ1) is 21.2. The minimum Gasteiger partial charge on any atom is -0.484 e. The van der Waals surface area contributed by atoms with Crippen LogP contribution in [-0.2, 0) is 16.1 Å². The molecule has 0 radical (unpaired) electrons. The summed E-state index contributed by atoms with van der Waals surface area (Å²) in [4.78, 5) is 24.0. The zero-order valence-corrected chi connectivity index (χ0v) is 14.9. The van der Waals surface area contributed by atoms with E-state index in [2.05, 4.69) is 5.32 Å². The standard InChI is InChI=1S/C19H18F4N2O3/c1-2-25(18(27)19(21,22)23)11-13-4-3-5-15(10-13)24-17(26)12-28-16-8-6-14(20)7-9-16/h3-10H,2,11-12H2,1H3,(H,24,26). The van der Waals surface area contributed by atoms with Crippen LogP contribution in [0.1, 0.15) is 12.5 Å². The summed E-state index contributed by atoms with van der Waals surface area (Å²) in [6.45, 7) is 0.761. The maximum Gasteiger partial charge on any atom is 0.471 e. The molecule has 28 heavy (non-hydrogen) atoms. The SMILES string of the molecule is CCN(Cc1cccc(NC(=O)COc2ccc(F)cc2)c1)C(=O)C(F)(F)F. The first-order chi connectivity index (χ1) is 13.2. The molecule has 0 saturated heterocycles. The van der Waals surface area contributed by atoms with Gasteiger partial charge >= 0.3 is 12.1 Å². The number of alkyl halides is 3. The van der Waals surface area contributed by atoms with E-state index in [1.165, 1.54) is 37.3 Å². The molecule has 2 amide bonds. The van der Waals surface area contributed by atoms with Crippen molar-refractivity contribution < 1.29 is 31.9 Å². The fourth-order valence-corrected chi connectivity index (χ4v) is 2.35. The maximum absolute atomic E-state index is 12.8. The summed E-state index contributed by atoms with van der Waals surface area (Å²) < 4.78 is 55.9. The number of ether oxygens (including phenoxy) is 1. The third-order valence-corrected chi connectivity index (χ3v) is 3.68. The van der Waals surface area contributed by atoms with Gasteiger partial charge in [-0.1, -0.05) is 12.1 Å². The molecule has 0 unspecified atom stereocenters. The highest BCUT2D eigenvalue weighted by molar-refractivity contribution is 5.92. The molecule has 0 atom stereocenters. The molecule has 0 bridgehead atoms. The van der Waals surface area contributed by atoms with E-state index in [0.29, 0.717) is 21.9 Å². The van der Waals surface area contributed by atoms with Gasteiger partial charge in [0.1, 0.15) is 11.6 Å². The Hall–Kier alpha value is -3.10. The first-order valence-corrected chi connectivity index (χ1v) is 8.32. The van der Waals surface area contributed by atoms with Crippen molar-refractivity contribution in [3.05, 3.63) is 59.9 Å². The summed E-state index contributed by atoms with van der Waals surface area (Å²) in [5, 5.41) is 2.55.